The Morgan fingerprint density at radius 3 is 2.53 bits per heavy atom. The fourth-order valence-corrected chi connectivity index (χ4v) is 6.75. The van der Waals surface area contributed by atoms with Gasteiger partial charge in [-0.3, -0.25) is 14.3 Å². The molecule has 5 aromatic rings. The van der Waals surface area contributed by atoms with E-state index in [9.17, 15) is 14.9 Å². The molecule has 1 N–H and O–H groups in total. The third-order valence-corrected chi connectivity index (χ3v) is 9.40. The molecule has 0 radical (unpaired) electrons. The van der Waals surface area contributed by atoms with Crippen molar-refractivity contribution in [1.82, 2.24) is 34.8 Å². The number of hydrogen-bond donors (Lipinski definition) is 1. The lowest BCUT2D eigenvalue weighted by atomic mass is 9.93. The molecule has 0 bridgehead atoms. The van der Waals surface area contributed by atoms with Crippen molar-refractivity contribution in [2.45, 2.75) is 19.4 Å². The average Bonchev–Trinajstić information content (AvgIpc) is 3.88. The lowest BCUT2D eigenvalue weighted by Gasteiger charge is -2.35. The summed E-state index contributed by atoms with van der Waals surface area (Å²) >= 11 is 0. The number of anilines is 1. The second-order valence-corrected chi connectivity index (χ2v) is 12.3. The number of nitrogens with zero attached hydrogens (tertiary/aromatic N) is 8. The predicted molar refractivity (Wildman–Crippen MR) is 188 cm³/mol. The van der Waals surface area contributed by atoms with Gasteiger partial charge in [0.05, 0.1) is 38.0 Å². The molecule has 0 atom stereocenters. The van der Waals surface area contributed by atoms with Gasteiger partial charge >= 0.3 is 0 Å². The molecule has 51 heavy (non-hydrogen) atoms. The summed E-state index contributed by atoms with van der Waals surface area (Å²) in [5, 5.41) is 17.5. The van der Waals surface area contributed by atoms with Gasteiger partial charge in [-0.25, -0.2) is 9.37 Å². The van der Waals surface area contributed by atoms with Gasteiger partial charge in [-0.15, -0.1) is 5.10 Å². The van der Waals surface area contributed by atoms with Crippen LogP contribution in [-0.4, -0.2) is 100 Å². The summed E-state index contributed by atoms with van der Waals surface area (Å²) < 4.78 is 29.5. The number of carbonyl (C=O) groups excluding carboxylic acids is 2. The van der Waals surface area contributed by atoms with Crippen LogP contribution in [0.2, 0.25) is 0 Å². The van der Waals surface area contributed by atoms with Crippen LogP contribution in [0.5, 0.6) is 11.5 Å². The Morgan fingerprint density at radius 2 is 1.78 bits per heavy atom. The second-order valence-electron chi connectivity index (χ2n) is 12.3. The molecule has 3 aromatic heterocycles. The quantitative estimate of drug-likeness (QED) is 0.236. The Balaban J connectivity index is 1.18. The molecule has 5 heterocycles. The average molecular weight is 690 g/mol. The van der Waals surface area contributed by atoms with Crippen molar-refractivity contribution in [2.24, 2.45) is 0 Å². The van der Waals surface area contributed by atoms with E-state index in [1.165, 1.54) is 13.3 Å². The molecule has 0 saturated carbocycles. The van der Waals surface area contributed by atoms with Crippen molar-refractivity contribution in [3.8, 4) is 28.7 Å². The van der Waals surface area contributed by atoms with E-state index in [1.54, 1.807) is 52.2 Å². The molecule has 260 valence electrons. The standard InChI is InChI=1S/C37H36FN9O4/c1-50-31-8-4-3-7-26(31)28-19-27(25-6-5-11-46(23-25)33(48)9-12-47-13-10-41-43-47)34(38)35-29(28)20-30(42-35)37(49)45-16-14-44(15-17-45)36-32(51-2)18-24(21-39)22-40-36/h3-4,6-8,10,13,18-20,22,42H,5,9,11-12,14-17,23H2,1-2H3. The number of halogens is 1. The summed E-state index contributed by atoms with van der Waals surface area (Å²) in [6, 6.07) is 14.7. The summed E-state index contributed by atoms with van der Waals surface area (Å²) in [5.74, 6) is 0.915. The van der Waals surface area contributed by atoms with Crippen LogP contribution in [0.15, 0.2) is 67.1 Å². The monoisotopic (exact) mass is 689 g/mol. The fourth-order valence-electron chi connectivity index (χ4n) is 6.75. The first-order valence-electron chi connectivity index (χ1n) is 16.7. The van der Waals surface area contributed by atoms with E-state index in [4.69, 9.17) is 9.47 Å². The maximum absolute atomic E-state index is 16.7. The van der Waals surface area contributed by atoms with Crippen LogP contribution in [0.25, 0.3) is 27.6 Å². The minimum atomic E-state index is -0.491. The number of carbonyl (C=O) groups is 2. The number of methoxy groups -OCH3 is 2. The SMILES string of the molecule is COc1ccccc1-c1cc(C2=CCCN(C(=O)CCn3ccnn3)C2)c(F)c2[nH]c(C(=O)N3CCN(c4ncc(C#N)cc4OC)CC3)cc12. The van der Waals surface area contributed by atoms with Gasteiger partial charge in [-0.05, 0) is 35.8 Å². The molecule has 1 fully saturated rings. The molecule has 0 aliphatic carbocycles. The molecule has 1 saturated heterocycles. The van der Waals surface area contributed by atoms with E-state index in [2.05, 4.69) is 26.3 Å². The van der Waals surface area contributed by atoms with Gasteiger partial charge in [-0.1, -0.05) is 29.5 Å². The molecule has 2 amide bonds. The number of aromatic amines is 1. The van der Waals surface area contributed by atoms with Crippen molar-refractivity contribution >= 4 is 34.1 Å². The van der Waals surface area contributed by atoms with E-state index >= 15 is 4.39 Å². The number of ether oxygens (including phenoxy) is 2. The van der Waals surface area contributed by atoms with Gasteiger partial charge in [0.1, 0.15) is 17.5 Å². The zero-order valence-corrected chi connectivity index (χ0v) is 28.3. The largest absolute Gasteiger partial charge is 0.496 e. The number of fused-ring (bicyclic) bond motifs is 1. The number of amides is 2. The Labute approximate surface area is 293 Å². The van der Waals surface area contributed by atoms with Crippen molar-refractivity contribution in [1.29, 1.82) is 5.26 Å². The number of H-pyrrole nitrogens is 1. The number of aromatic nitrogens is 5. The molecule has 2 aromatic carbocycles. The van der Waals surface area contributed by atoms with Crippen molar-refractivity contribution < 1.29 is 23.5 Å². The molecular formula is C37H36FN9O4. The Morgan fingerprint density at radius 1 is 0.980 bits per heavy atom. The first-order valence-corrected chi connectivity index (χ1v) is 16.7. The number of hydrogen-bond acceptors (Lipinski definition) is 9. The number of piperazine rings is 1. The van der Waals surface area contributed by atoms with Crippen LogP contribution in [-0.2, 0) is 11.3 Å². The number of para-hydroxylation sites is 1. The lowest BCUT2D eigenvalue weighted by molar-refractivity contribution is -0.131. The van der Waals surface area contributed by atoms with E-state index in [1.807, 2.05) is 35.2 Å². The van der Waals surface area contributed by atoms with E-state index < -0.39 is 5.82 Å². The van der Waals surface area contributed by atoms with Gasteiger partial charge in [0, 0.05) is 80.7 Å². The maximum Gasteiger partial charge on any atom is 0.270 e. The highest BCUT2D eigenvalue weighted by molar-refractivity contribution is 6.05. The number of nitrogens with one attached hydrogen (secondary N) is 1. The summed E-state index contributed by atoms with van der Waals surface area (Å²) in [6.07, 6.45) is 7.58. The number of nitriles is 1. The maximum atomic E-state index is 16.7. The first kappa shape index (κ1) is 33.3. The molecule has 13 nitrogen and oxygen atoms in total. The molecule has 14 heteroatoms. The topological polar surface area (TPSA) is 145 Å². The van der Waals surface area contributed by atoms with E-state index in [-0.39, 0.29) is 36.0 Å². The normalized spacial score (nSPS) is 14.7. The molecule has 2 aliphatic rings. The number of aryl methyl sites for hydroxylation is 1. The van der Waals surface area contributed by atoms with Gasteiger partial charge in [0.15, 0.2) is 17.4 Å². The van der Waals surface area contributed by atoms with Gasteiger partial charge in [-0.2, -0.15) is 5.26 Å². The second kappa shape index (κ2) is 14.3. The number of benzene rings is 2. The third kappa shape index (κ3) is 6.58. The molecule has 0 unspecified atom stereocenters. The van der Waals surface area contributed by atoms with Crippen LogP contribution >= 0.6 is 0 Å². The van der Waals surface area contributed by atoms with Crippen LogP contribution in [0.1, 0.15) is 34.5 Å². The zero-order chi connectivity index (χ0) is 35.5. The minimum absolute atomic E-state index is 0.0520. The Kier molecular flexibility index (Phi) is 9.34. The smallest absolute Gasteiger partial charge is 0.270 e. The fraction of sp³-hybridized carbons (Fsp3) is 0.297. The summed E-state index contributed by atoms with van der Waals surface area (Å²) in [5.41, 5.74) is 3.37. The van der Waals surface area contributed by atoms with Gasteiger partial charge in [0.2, 0.25) is 5.91 Å². The van der Waals surface area contributed by atoms with Crippen LogP contribution < -0.4 is 14.4 Å². The molecule has 2 aliphatic heterocycles. The van der Waals surface area contributed by atoms with Crippen molar-refractivity contribution in [2.75, 3.05) is 58.4 Å². The van der Waals surface area contributed by atoms with E-state index in [0.29, 0.717) is 90.7 Å². The summed E-state index contributed by atoms with van der Waals surface area (Å²) in [7, 11) is 3.12. The van der Waals surface area contributed by atoms with Crippen molar-refractivity contribution in [3.63, 3.8) is 0 Å². The summed E-state index contributed by atoms with van der Waals surface area (Å²) in [6.45, 7) is 2.98. The highest BCUT2D eigenvalue weighted by Crippen LogP contribution is 2.40. The van der Waals surface area contributed by atoms with Crippen LogP contribution in [0, 0.1) is 17.1 Å². The lowest BCUT2D eigenvalue weighted by Crippen LogP contribution is -2.49. The number of pyridine rings is 1. The van der Waals surface area contributed by atoms with Gasteiger partial charge in [0.25, 0.3) is 5.91 Å². The predicted octanol–water partition coefficient (Wildman–Crippen LogP) is 4.52. The highest BCUT2D eigenvalue weighted by atomic mass is 19.1. The Hall–Kier alpha value is -6.23. The third-order valence-electron chi connectivity index (χ3n) is 9.40. The van der Waals surface area contributed by atoms with E-state index in [0.717, 1.165) is 5.56 Å². The molecule has 0 spiro atoms. The zero-order valence-electron chi connectivity index (χ0n) is 28.3. The molecule has 7 rings (SSSR count). The van der Waals surface area contributed by atoms with Crippen LogP contribution in [0.4, 0.5) is 10.2 Å². The molecular weight excluding hydrogens is 653 g/mol. The number of rotatable bonds is 9. The van der Waals surface area contributed by atoms with Crippen LogP contribution in [0.3, 0.4) is 0 Å². The minimum Gasteiger partial charge on any atom is -0.496 e. The summed E-state index contributed by atoms with van der Waals surface area (Å²) in [4.78, 5) is 40.2. The van der Waals surface area contributed by atoms with Crippen molar-refractivity contribution in [3.05, 3.63) is 89.8 Å². The first-order chi connectivity index (χ1) is 24.9. The Bertz CT molecular complexity index is 2160. The highest BCUT2D eigenvalue weighted by Gasteiger charge is 2.29. The van der Waals surface area contributed by atoms with Gasteiger partial charge < -0.3 is 29.2 Å².